The molecule has 3 heteroatoms. The Morgan fingerprint density at radius 2 is 1.85 bits per heavy atom. The third kappa shape index (κ3) is 4.23. The summed E-state index contributed by atoms with van der Waals surface area (Å²) in [4.78, 5) is 0. The average molecular weight is 341 g/mol. The Labute approximate surface area is 130 Å². The Balaban J connectivity index is 2.17. The summed E-state index contributed by atoms with van der Waals surface area (Å²) in [6, 6.07) is 5.93. The van der Waals surface area contributed by atoms with E-state index in [9.17, 15) is 5.11 Å². The molecule has 1 atom stereocenters. The SMILES string of the molecule is CCOc1ccc(Br)cc1C(O)C1CCCCCCC1. The average Bonchev–Trinajstić information content (AvgIpc) is 2.40. The van der Waals surface area contributed by atoms with Gasteiger partial charge in [0.1, 0.15) is 5.75 Å². The molecule has 0 amide bonds. The molecule has 0 heterocycles. The summed E-state index contributed by atoms with van der Waals surface area (Å²) in [6.45, 7) is 2.61. The number of rotatable bonds is 4. The molecule has 2 nitrogen and oxygen atoms in total. The molecule has 1 N–H and O–H groups in total. The number of halogens is 1. The molecule has 2 rings (SSSR count). The van der Waals surface area contributed by atoms with Crippen LogP contribution >= 0.6 is 15.9 Å². The fraction of sp³-hybridized carbons (Fsp3) is 0.647. The van der Waals surface area contributed by atoms with Crippen LogP contribution in [0.1, 0.15) is 63.5 Å². The monoisotopic (exact) mass is 340 g/mol. The standard InChI is InChI=1S/C17H25BrO2/c1-2-20-16-11-10-14(18)12-15(16)17(19)13-8-6-4-3-5-7-9-13/h10-13,17,19H,2-9H2,1H3. The topological polar surface area (TPSA) is 29.5 Å². The molecule has 1 fully saturated rings. The van der Waals surface area contributed by atoms with Crippen molar-refractivity contribution in [1.29, 1.82) is 0 Å². The molecule has 1 saturated carbocycles. The molecule has 1 aromatic carbocycles. The van der Waals surface area contributed by atoms with Gasteiger partial charge in [-0.25, -0.2) is 0 Å². The molecule has 1 aliphatic carbocycles. The zero-order valence-corrected chi connectivity index (χ0v) is 13.9. The van der Waals surface area contributed by atoms with E-state index in [4.69, 9.17) is 4.74 Å². The van der Waals surface area contributed by atoms with E-state index in [1.807, 2.05) is 25.1 Å². The van der Waals surface area contributed by atoms with Crippen molar-refractivity contribution in [2.75, 3.05) is 6.61 Å². The van der Waals surface area contributed by atoms with Gasteiger partial charge >= 0.3 is 0 Å². The van der Waals surface area contributed by atoms with Crippen LogP contribution in [-0.4, -0.2) is 11.7 Å². The van der Waals surface area contributed by atoms with Gasteiger partial charge in [0.25, 0.3) is 0 Å². The van der Waals surface area contributed by atoms with E-state index in [1.54, 1.807) is 0 Å². The van der Waals surface area contributed by atoms with Gasteiger partial charge in [-0.1, -0.05) is 48.0 Å². The van der Waals surface area contributed by atoms with Crippen LogP contribution in [0, 0.1) is 5.92 Å². The first-order chi connectivity index (χ1) is 9.72. The van der Waals surface area contributed by atoms with E-state index in [0.717, 1.165) is 28.6 Å². The highest BCUT2D eigenvalue weighted by molar-refractivity contribution is 9.10. The highest BCUT2D eigenvalue weighted by Crippen LogP contribution is 2.38. The van der Waals surface area contributed by atoms with E-state index in [2.05, 4.69) is 15.9 Å². The number of ether oxygens (including phenoxy) is 1. The lowest BCUT2D eigenvalue weighted by Crippen LogP contribution is -2.15. The van der Waals surface area contributed by atoms with Crippen molar-refractivity contribution in [1.82, 2.24) is 0 Å². The van der Waals surface area contributed by atoms with E-state index in [1.165, 1.54) is 32.1 Å². The van der Waals surface area contributed by atoms with E-state index < -0.39 is 6.10 Å². The summed E-state index contributed by atoms with van der Waals surface area (Å²) >= 11 is 3.50. The smallest absolute Gasteiger partial charge is 0.125 e. The maximum Gasteiger partial charge on any atom is 0.125 e. The Morgan fingerprint density at radius 3 is 2.50 bits per heavy atom. The van der Waals surface area contributed by atoms with Crippen LogP contribution < -0.4 is 4.74 Å². The Kier molecular flexibility index (Phi) is 6.37. The predicted octanol–water partition coefficient (Wildman–Crippen LogP) is 5.24. The molecule has 112 valence electrons. The molecule has 0 saturated heterocycles. The van der Waals surface area contributed by atoms with Gasteiger partial charge in [0.2, 0.25) is 0 Å². The first-order valence-electron chi connectivity index (χ1n) is 7.82. The van der Waals surface area contributed by atoms with Gasteiger partial charge in [0, 0.05) is 10.0 Å². The van der Waals surface area contributed by atoms with Crippen molar-refractivity contribution >= 4 is 15.9 Å². The lowest BCUT2D eigenvalue weighted by Gasteiger charge is -2.26. The maximum atomic E-state index is 10.8. The molecule has 1 unspecified atom stereocenters. The molecule has 1 aromatic rings. The molecule has 0 aliphatic heterocycles. The number of hydrogen-bond donors (Lipinski definition) is 1. The number of aliphatic hydroxyl groups is 1. The fourth-order valence-corrected chi connectivity index (χ4v) is 3.47. The van der Waals surface area contributed by atoms with Gasteiger partial charge in [0.05, 0.1) is 12.7 Å². The second-order valence-electron chi connectivity index (χ2n) is 5.67. The van der Waals surface area contributed by atoms with Gasteiger partial charge < -0.3 is 9.84 Å². The van der Waals surface area contributed by atoms with Crippen molar-refractivity contribution in [3.63, 3.8) is 0 Å². The molecular formula is C17H25BrO2. The lowest BCUT2D eigenvalue weighted by molar-refractivity contribution is 0.0881. The van der Waals surface area contributed by atoms with Crippen LogP contribution in [0.4, 0.5) is 0 Å². The third-order valence-corrected chi connectivity index (χ3v) is 4.68. The van der Waals surface area contributed by atoms with Gasteiger partial charge in [-0.2, -0.15) is 0 Å². The summed E-state index contributed by atoms with van der Waals surface area (Å²) in [6.07, 6.45) is 8.27. The predicted molar refractivity (Wildman–Crippen MR) is 86.1 cm³/mol. The third-order valence-electron chi connectivity index (χ3n) is 4.19. The quantitative estimate of drug-likeness (QED) is 0.811. The Morgan fingerprint density at radius 1 is 1.20 bits per heavy atom. The summed E-state index contributed by atoms with van der Waals surface area (Å²) in [7, 11) is 0. The van der Waals surface area contributed by atoms with E-state index in [-0.39, 0.29) is 0 Å². The van der Waals surface area contributed by atoms with Crippen LogP contribution in [0.3, 0.4) is 0 Å². The van der Waals surface area contributed by atoms with Gasteiger partial charge in [-0.3, -0.25) is 0 Å². The number of benzene rings is 1. The fourth-order valence-electron chi connectivity index (χ4n) is 3.09. The van der Waals surface area contributed by atoms with Gasteiger partial charge in [-0.05, 0) is 43.9 Å². The zero-order valence-electron chi connectivity index (χ0n) is 12.3. The van der Waals surface area contributed by atoms with Crippen molar-refractivity contribution in [3.8, 4) is 5.75 Å². The van der Waals surface area contributed by atoms with Crippen LogP contribution in [0.2, 0.25) is 0 Å². The normalized spacial score (nSPS) is 19.1. The van der Waals surface area contributed by atoms with Crippen LogP contribution in [0.15, 0.2) is 22.7 Å². The zero-order chi connectivity index (χ0) is 14.4. The Bertz CT molecular complexity index is 411. The molecule has 20 heavy (non-hydrogen) atoms. The first-order valence-corrected chi connectivity index (χ1v) is 8.62. The second kappa shape index (κ2) is 8.04. The minimum Gasteiger partial charge on any atom is -0.493 e. The summed E-state index contributed by atoms with van der Waals surface area (Å²) < 4.78 is 6.68. The minimum atomic E-state index is -0.410. The Hall–Kier alpha value is -0.540. The largest absolute Gasteiger partial charge is 0.493 e. The lowest BCUT2D eigenvalue weighted by atomic mass is 9.84. The first kappa shape index (κ1) is 15.8. The summed E-state index contributed by atoms with van der Waals surface area (Å²) in [5.41, 5.74) is 0.937. The highest BCUT2D eigenvalue weighted by atomic mass is 79.9. The molecular weight excluding hydrogens is 316 g/mol. The summed E-state index contributed by atoms with van der Waals surface area (Å²) in [5, 5.41) is 10.8. The van der Waals surface area contributed by atoms with E-state index >= 15 is 0 Å². The van der Waals surface area contributed by atoms with Crippen LogP contribution in [0.5, 0.6) is 5.75 Å². The molecule has 0 bridgehead atoms. The van der Waals surface area contributed by atoms with Gasteiger partial charge in [0.15, 0.2) is 0 Å². The molecule has 0 aromatic heterocycles. The van der Waals surface area contributed by atoms with Crippen molar-refractivity contribution in [2.24, 2.45) is 5.92 Å². The molecule has 0 spiro atoms. The van der Waals surface area contributed by atoms with Crippen LogP contribution in [0.25, 0.3) is 0 Å². The van der Waals surface area contributed by atoms with Crippen LogP contribution in [-0.2, 0) is 0 Å². The second-order valence-corrected chi connectivity index (χ2v) is 6.58. The molecule has 1 aliphatic rings. The highest BCUT2D eigenvalue weighted by Gasteiger charge is 2.24. The summed E-state index contributed by atoms with van der Waals surface area (Å²) in [5.74, 6) is 1.19. The van der Waals surface area contributed by atoms with Gasteiger partial charge in [-0.15, -0.1) is 0 Å². The van der Waals surface area contributed by atoms with Crippen molar-refractivity contribution in [3.05, 3.63) is 28.2 Å². The molecule has 0 radical (unpaired) electrons. The maximum absolute atomic E-state index is 10.8. The number of aliphatic hydroxyl groups excluding tert-OH is 1. The number of hydrogen-bond acceptors (Lipinski definition) is 2. The minimum absolute atomic E-state index is 0.365. The van der Waals surface area contributed by atoms with E-state index in [0.29, 0.717) is 12.5 Å². The van der Waals surface area contributed by atoms with Crippen molar-refractivity contribution < 1.29 is 9.84 Å². The van der Waals surface area contributed by atoms with Crippen molar-refractivity contribution in [2.45, 2.75) is 58.0 Å².